The minimum atomic E-state index is 0.155. The summed E-state index contributed by atoms with van der Waals surface area (Å²) in [6.07, 6.45) is 0.848. The maximum absolute atomic E-state index is 7.05. The van der Waals surface area contributed by atoms with Crippen molar-refractivity contribution in [2.45, 2.75) is 33.3 Å². The van der Waals surface area contributed by atoms with Crippen LogP contribution < -0.4 is 0 Å². The van der Waals surface area contributed by atoms with E-state index in [1.807, 2.05) is 20.8 Å². The van der Waals surface area contributed by atoms with Gasteiger partial charge in [0.15, 0.2) is 5.90 Å². The number of ether oxygens (including phenoxy) is 1. The van der Waals surface area contributed by atoms with Crippen molar-refractivity contribution in [1.29, 1.82) is 5.41 Å². The Kier molecular flexibility index (Phi) is 3.24. The van der Waals surface area contributed by atoms with E-state index in [-0.39, 0.29) is 6.10 Å². The fraction of sp³-hybridized carbons (Fsp3) is 0.833. The first-order valence-corrected chi connectivity index (χ1v) is 2.91. The van der Waals surface area contributed by atoms with Crippen molar-refractivity contribution >= 4 is 5.90 Å². The largest absolute Gasteiger partial charge is 0.479 e. The maximum Gasteiger partial charge on any atom is 0.180 e. The highest BCUT2D eigenvalue weighted by molar-refractivity contribution is 5.72. The van der Waals surface area contributed by atoms with E-state index in [1.54, 1.807) is 0 Å². The van der Waals surface area contributed by atoms with Crippen molar-refractivity contribution in [3.05, 3.63) is 0 Å². The molecular weight excluding hydrogens is 102 g/mol. The Balaban J connectivity index is 3.25. The molecule has 0 saturated heterocycles. The lowest BCUT2D eigenvalue weighted by atomic mass is 10.4. The Bertz CT molecular complexity index is 78.6. The number of hydrogen-bond donors (Lipinski definition) is 1. The Morgan fingerprint density at radius 1 is 1.62 bits per heavy atom. The molecule has 0 aliphatic heterocycles. The van der Waals surface area contributed by atoms with Crippen LogP contribution in [0.3, 0.4) is 0 Å². The van der Waals surface area contributed by atoms with Crippen LogP contribution in [0, 0.1) is 5.41 Å². The summed E-state index contributed by atoms with van der Waals surface area (Å²) in [5.74, 6) is 0.375. The van der Waals surface area contributed by atoms with Crippen molar-refractivity contribution in [2.24, 2.45) is 0 Å². The zero-order chi connectivity index (χ0) is 6.57. The highest BCUT2D eigenvalue weighted by atomic mass is 16.5. The zero-order valence-corrected chi connectivity index (χ0v) is 5.69. The van der Waals surface area contributed by atoms with Crippen molar-refractivity contribution in [3.8, 4) is 0 Å². The van der Waals surface area contributed by atoms with Gasteiger partial charge in [0.05, 0.1) is 6.10 Å². The van der Waals surface area contributed by atoms with E-state index < -0.39 is 0 Å². The van der Waals surface area contributed by atoms with Crippen molar-refractivity contribution in [2.75, 3.05) is 0 Å². The van der Waals surface area contributed by atoms with E-state index >= 15 is 0 Å². The van der Waals surface area contributed by atoms with Gasteiger partial charge in [-0.15, -0.1) is 0 Å². The summed E-state index contributed by atoms with van der Waals surface area (Å²) in [5, 5.41) is 7.05. The molecule has 0 aromatic rings. The predicted molar refractivity (Wildman–Crippen MR) is 34.2 cm³/mol. The first kappa shape index (κ1) is 7.47. The summed E-state index contributed by atoms with van der Waals surface area (Å²) in [6.45, 7) is 5.75. The van der Waals surface area contributed by atoms with Crippen LogP contribution in [0.2, 0.25) is 0 Å². The normalized spacial score (nSPS) is 9.50. The third-order valence-corrected chi connectivity index (χ3v) is 0.699. The van der Waals surface area contributed by atoms with E-state index in [0.717, 1.165) is 0 Å². The van der Waals surface area contributed by atoms with Gasteiger partial charge in [0.1, 0.15) is 0 Å². The van der Waals surface area contributed by atoms with Crippen LogP contribution in [0.25, 0.3) is 0 Å². The van der Waals surface area contributed by atoms with Gasteiger partial charge < -0.3 is 4.74 Å². The molecule has 0 aromatic carbocycles. The van der Waals surface area contributed by atoms with Gasteiger partial charge in [-0.05, 0) is 13.8 Å². The molecule has 0 aliphatic rings. The van der Waals surface area contributed by atoms with Crippen LogP contribution in [0.4, 0.5) is 0 Å². The summed E-state index contributed by atoms with van der Waals surface area (Å²) in [4.78, 5) is 0. The van der Waals surface area contributed by atoms with Crippen molar-refractivity contribution in [1.82, 2.24) is 0 Å². The summed E-state index contributed by atoms with van der Waals surface area (Å²) in [7, 11) is 0. The van der Waals surface area contributed by atoms with E-state index in [2.05, 4.69) is 0 Å². The summed E-state index contributed by atoms with van der Waals surface area (Å²) in [5.41, 5.74) is 0. The standard InChI is InChI=1S/C6H13NO/c1-4-6(7)8-5(2)3/h5,7H,4H2,1-3H3. The van der Waals surface area contributed by atoms with E-state index in [0.29, 0.717) is 12.3 Å². The molecule has 0 rings (SSSR count). The molecule has 48 valence electrons. The number of hydrogen-bond acceptors (Lipinski definition) is 2. The average molecular weight is 115 g/mol. The first-order valence-electron chi connectivity index (χ1n) is 2.91. The molecular formula is C6H13NO. The number of nitrogens with one attached hydrogen (secondary N) is 1. The monoisotopic (exact) mass is 115 g/mol. The van der Waals surface area contributed by atoms with Crippen LogP contribution >= 0.6 is 0 Å². The van der Waals surface area contributed by atoms with Crippen molar-refractivity contribution in [3.63, 3.8) is 0 Å². The lowest BCUT2D eigenvalue weighted by Crippen LogP contribution is -2.08. The average Bonchev–Trinajstić information content (AvgIpc) is 1.65. The third-order valence-electron chi connectivity index (χ3n) is 0.699. The number of rotatable bonds is 2. The molecule has 0 atom stereocenters. The molecule has 0 saturated carbocycles. The highest BCUT2D eigenvalue weighted by Gasteiger charge is 1.94. The second-order valence-corrected chi connectivity index (χ2v) is 1.94. The predicted octanol–water partition coefficient (Wildman–Crippen LogP) is 1.80. The maximum atomic E-state index is 7.05. The molecule has 2 nitrogen and oxygen atoms in total. The highest BCUT2D eigenvalue weighted by Crippen LogP contribution is 1.91. The van der Waals surface area contributed by atoms with Crippen LogP contribution in [-0.4, -0.2) is 12.0 Å². The molecule has 0 spiro atoms. The second-order valence-electron chi connectivity index (χ2n) is 1.94. The molecule has 0 radical (unpaired) electrons. The minimum absolute atomic E-state index is 0.155. The van der Waals surface area contributed by atoms with Gasteiger partial charge >= 0.3 is 0 Å². The molecule has 0 aliphatic carbocycles. The van der Waals surface area contributed by atoms with Gasteiger partial charge in [-0.1, -0.05) is 6.92 Å². The summed E-state index contributed by atoms with van der Waals surface area (Å²) >= 11 is 0. The Hall–Kier alpha value is -0.530. The summed E-state index contributed by atoms with van der Waals surface area (Å²) < 4.78 is 4.98. The molecule has 1 N–H and O–H groups in total. The zero-order valence-electron chi connectivity index (χ0n) is 5.69. The first-order chi connectivity index (χ1) is 3.66. The van der Waals surface area contributed by atoms with Gasteiger partial charge in [-0.25, -0.2) is 0 Å². The molecule has 8 heavy (non-hydrogen) atoms. The van der Waals surface area contributed by atoms with Crippen molar-refractivity contribution < 1.29 is 4.74 Å². The fourth-order valence-electron chi connectivity index (χ4n) is 0.368. The molecule has 0 fully saturated rings. The Morgan fingerprint density at radius 3 is 2.25 bits per heavy atom. The van der Waals surface area contributed by atoms with E-state index in [1.165, 1.54) is 0 Å². The topological polar surface area (TPSA) is 33.1 Å². The Morgan fingerprint density at radius 2 is 2.12 bits per heavy atom. The smallest absolute Gasteiger partial charge is 0.180 e. The van der Waals surface area contributed by atoms with E-state index in [4.69, 9.17) is 10.1 Å². The van der Waals surface area contributed by atoms with Gasteiger partial charge in [-0.2, -0.15) is 0 Å². The second kappa shape index (κ2) is 3.47. The van der Waals surface area contributed by atoms with Crippen LogP contribution in [-0.2, 0) is 4.74 Å². The quantitative estimate of drug-likeness (QED) is 0.432. The Labute approximate surface area is 50.4 Å². The van der Waals surface area contributed by atoms with Gasteiger partial charge in [0.2, 0.25) is 0 Å². The third kappa shape index (κ3) is 3.65. The van der Waals surface area contributed by atoms with Gasteiger partial charge in [-0.3, -0.25) is 5.41 Å². The lowest BCUT2D eigenvalue weighted by molar-refractivity contribution is 0.220. The fourth-order valence-corrected chi connectivity index (χ4v) is 0.368. The summed E-state index contributed by atoms with van der Waals surface area (Å²) in [6, 6.07) is 0. The van der Waals surface area contributed by atoms with E-state index in [9.17, 15) is 0 Å². The molecule has 0 aromatic heterocycles. The van der Waals surface area contributed by atoms with Gasteiger partial charge in [0.25, 0.3) is 0 Å². The van der Waals surface area contributed by atoms with Crippen LogP contribution in [0.1, 0.15) is 27.2 Å². The SMILES string of the molecule is CCC(=N)OC(C)C. The lowest BCUT2D eigenvalue weighted by Gasteiger charge is -2.07. The molecule has 0 heterocycles. The molecule has 2 heteroatoms. The van der Waals surface area contributed by atoms with Crippen LogP contribution in [0.15, 0.2) is 0 Å². The van der Waals surface area contributed by atoms with Crippen LogP contribution in [0.5, 0.6) is 0 Å². The molecule has 0 bridgehead atoms. The molecule has 0 unspecified atom stereocenters. The molecule has 0 amide bonds. The minimum Gasteiger partial charge on any atom is -0.479 e. The van der Waals surface area contributed by atoms with Gasteiger partial charge in [0, 0.05) is 6.42 Å².